The lowest BCUT2D eigenvalue weighted by Crippen LogP contribution is -2.01. The van der Waals surface area contributed by atoms with Gasteiger partial charge >= 0.3 is 6.18 Å². The molecule has 0 spiro atoms. The van der Waals surface area contributed by atoms with Crippen molar-refractivity contribution >= 4 is 11.3 Å². The zero-order valence-electron chi connectivity index (χ0n) is 5.20. The maximum atomic E-state index is 11.8. The average Bonchev–Trinajstić information content (AvgIpc) is 2.11. The van der Waals surface area contributed by atoms with Crippen molar-refractivity contribution in [1.29, 1.82) is 0 Å². The van der Waals surface area contributed by atoms with Crippen molar-refractivity contribution in [2.45, 2.75) is 13.1 Å². The number of alkyl halides is 3. The van der Waals surface area contributed by atoms with Crippen molar-refractivity contribution in [2.75, 3.05) is 0 Å². The molecule has 0 aliphatic rings. The fourth-order valence-electron chi connectivity index (χ4n) is 0.592. The van der Waals surface area contributed by atoms with Crippen molar-refractivity contribution < 1.29 is 13.2 Å². The Balaban J connectivity index is 2.96. The Kier molecular flexibility index (Phi) is 1.72. The monoisotopic (exact) mass is 166 g/mol. The summed E-state index contributed by atoms with van der Waals surface area (Å²) in [6.45, 7) is 1.65. The molecule has 0 saturated carbocycles. The molecule has 0 aliphatic heterocycles. The van der Waals surface area contributed by atoms with E-state index in [1.165, 1.54) is 0 Å². The number of thiophene rings is 1. The highest BCUT2D eigenvalue weighted by molar-refractivity contribution is 7.10. The quantitative estimate of drug-likeness (QED) is 0.555. The fourth-order valence-corrected chi connectivity index (χ4v) is 1.30. The molecule has 4 heteroatoms. The summed E-state index contributed by atoms with van der Waals surface area (Å²) in [6.07, 6.45) is -4.18. The van der Waals surface area contributed by atoms with Crippen LogP contribution in [0.2, 0.25) is 0 Å². The van der Waals surface area contributed by atoms with E-state index in [-0.39, 0.29) is 0 Å². The second kappa shape index (κ2) is 2.27. The lowest BCUT2D eigenvalue weighted by atomic mass is 10.3. The van der Waals surface area contributed by atoms with Gasteiger partial charge in [-0.25, -0.2) is 0 Å². The Hall–Kier alpha value is -0.510. The summed E-state index contributed by atoms with van der Waals surface area (Å²) < 4.78 is 35.4. The molecule has 0 atom stereocenters. The first-order valence-electron chi connectivity index (χ1n) is 2.62. The van der Waals surface area contributed by atoms with Gasteiger partial charge in [0.15, 0.2) is 0 Å². The van der Waals surface area contributed by atoms with Crippen LogP contribution in [0.3, 0.4) is 0 Å². The van der Waals surface area contributed by atoms with Gasteiger partial charge in [0.1, 0.15) is 0 Å². The van der Waals surface area contributed by atoms with Gasteiger partial charge in [-0.2, -0.15) is 13.2 Å². The first-order valence-corrected chi connectivity index (χ1v) is 3.50. The van der Waals surface area contributed by atoms with Crippen LogP contribution < -0.4 is 0 Å². The lowest BCUT2D eigenvalue weighted by molar-refractivity contribution is -0.137. The van der Waals surface area contributed by atoms with Gasteiger partial charge in [0.25, 0.3) is 0 Å². The zero-order chi connectivity index (χ0) is 7.78. The Morgan fingerprint density at radius 3 is 2.20 bits per heavy atom. The second-order valence-electron chi connectivity index (χ2n) is 1.94. The van der Waals surface area contributed by atoms with Gasteiger partial charge in [0, 0.05) is 10.3 Å². The van der Waals surface area contributed by atoms with E-state index in [0.717, 1.165) is 22.8 Å². The van der Waals surface area contributed by atoms with Gasteiger partial charge in [-0.3, -0.25) is 0 Å². The van der Waals surface area contributed by atoms with E-state index in [1.807, 2.05) is 0 Å². The zero-order valence-corrected chi connectivity index (χ0v) is 6.01. The van der Waals surface area contributed by atoms with Gasteiger partial charge in [-0.05, 0) is 13.0 Å². The molecule has 0 N–H and O–H groups in total. The number of aryl methyl sites for hydroxylation is 1. The summed E-state index contributed by atoms with van der Waals surface area (Å²) in [5, 5.41) is 1.12. The molecule has 10 heavy (non-hydrogen) atoms. The number of halogens is 3. The SMILES string of the molecule is Cc1cc(C(F)(F)F)cs1. The van der Waals surface area contributed by atoms with E-state index < -0.39 is 11.7 Å². The Labute approximate surface area is 60.3 Å². The molecule has 1 rings (SSSR count). The van der Waals surface area contributed by atoms with Gasteiger partial charge in [-0.15, -0.1) is 11.3 Å². The van der Waals surface area contributed by atoms with Crippen LogP contribution in [-0.2, 0) is 6.18 Å². The highest BCUT2D eigenvalue weighted by Gasteiger charge is 2.30. The third-order valence-electron chi connectivity index (χ3n) is 1.06. The summed E-state index contributed by atoms with van der Waals surface area (Å²) in [6, 6.07) is 1.14. The standard InChI is InChI=1S/C6H5F3S/c1-4-2-5(3-10-4)6(7,8)9/h2-3H,1H3. The van der Waals surface area contributed by atoms with Crippen LogP contribution in [0.25, 0.3) is 0 Å². The maximum Gasteiger partial charge on any atom is 0.417 e. The average molecular weight is 166 g/mol. The van der Waals surface area contributed by atoms with Crippen molar-refractivity contribution in [3.05, 3.63) is 21.9 Å². The molecule has 0 fully saturated rings. The van der Waals surface area contributed by atoms with Crippen LogP contribution in [0.5, 0.6) is 0 Å². The van der Waals surface area contributed by atoms with Crippen LogP contribution in [-0.4, -0.2) is 0 Å². The van der Waals surface area contributed by atoms with E-state index in [4.69, 9.17) is 0 Å². The van der Waals surface area contributed by atoms with Crippen molar-refractivity contribution in [1.82, 2.24) is 0 Å². The van der Waals surface area contributed by atoms with Crippen molar-refractivity contribution in [3.63, 3.8) is 0 Å². The third-order valence-corrected chi connectivity index (χ3v) is 1.92. The van der Waals surface area contributed by atoms with E-state index in [9.17, 15) is 13.2 Å². The summed E-state index contributed by atoms with van der Waals surface area (Å²) in [5.41, 5.74) is -0.546. The molecule has 0 aromatic carbocycles. The van der Waals surface area contributed by atoms with Gasteiger partial charge < -0.3 is 0 Å². The molecule has 0 amide bonds. The Morgan fingerprint density at radius 2 is 2.00 bits per heavy atom. The molecule has 56 valence electrons. The van der Waals surface area contributed by atoms with Crippen LogP contribution in [0.1, 0.15) is 10.4 Å². The molecule has 1 aromatic heterocycles. The normalized spacial score (nSPS) is 12.0. The minimum Gasteiger partial charge on any atom is -0.166 e. The van der Waals surface area contributed by atoms with Crippen LogP contribution >= 0.6 is 11.3 Å². The van der Waals surface area contributed by atoms with Crippen molar-refractivity contribution in [3.8, 4) is 0 Å². The molecular weight excluding hydrogens is 161 g/mol. The predicted molar refractivity (Wildman–Crippen MR) is 34.1 cm³/mol. The number of hydrogen-bond acceptors (Lipinski definition) is 1. The van der Waals surface area contributed by atoms with Gasteiger partial charge in [-0.1, -0.05) is 0 Å². The molecule has 0 saturated heterocycles. The topological polar surface area (TPSA) is 0 Å². The molecule has 0 radical (unpaired) electrons. The fraction of sp³-hybridized carbons (Fsp3) is 0.333. The molecule has 0 bridgehead atoms. The van der Waals surface area contributed by atoms with E-state index >= 15 is 0 Å². The molecule has 1 aromatic rings. The molecule has 1 heterocycles. The first kappa shape index (κ1) is 7.60. The van der Waals surface area contributed by atoms with E-state index in [2.05, 4.69) is 0 Å². The van der Waals surface area contributed by atoms with Crippen LogP contribution in [0.4, 0.5) is 13.2 Å². The molecular formula is C6H5F3S. The summed E-state index contributed by atoms with van der Waals surface area (Å²) >= 11 is 1.11. The first-order chi connectivity index (χ1) is 4.50. The minimum atomic E-state index is -4.18. The van der Waals surface area contributed by atoms with Gasteiger partial charge in [0.05, 0.1) is 5.56 Å². The Morgan fingerprint density at radius 1 is 1.40 bits per heavy atom. The van der Waals surface area contributed by atoms with Crippen LogP contribution in [0, 0.1) is 6.92 Å². The smallest absolute Gasteiger partial charge is 0.166 e. The van der Waals surface area contributed by atoms with Crippen molar-refractivity contribution in [2.24, 2.45) is 0 Å². The highest BCUT2D eigenvalue weighted by atomic mass is 32.1. The largest absolute Gasteiger partial charge is 0.417 e. The van der Waals surface area contributed by atoms with E-state index in [1.54, 1.807) is 6.92 Å². The Bertz CT molecular complexity index is 223. The predicted octanol–water partition coefficient (Wildman–Crippen LogP) is 3.08. The summed E-state index contributed by atoms with van der Waals surface area (Å²) in [5.74, 6) is 0. The molecule has 0 unspecified atom stereocenters. The maximum absolute atomic E-state index is 11.8. The summed E-state index contributed by atoms with van der Waals surface area (Å²) in [4.78, 5) is 0.687. The van der Waals surface area contributed by atoms with Crippen LogP contribution in [0.15, 0.2) is 11.4 Å². The lowest BCUT2D eigenvalue weighted by Gasteiger charge is -2.00. The van der Waals surface area contributed by atoms with E-state index in [0.29, 0.717) is 4.88 Å². The highest BCUT2D eigenvalue weighted by Crippen LogP contribution is 2.31. The number of hydrogen-bond donors (Lipinski definition) is 0. The third kappa shape index (κ3) is 1.50. The number of rotatable bonds is 0. The van der Waals surface area contributed by atoms with Gasteiger partial charge in [0.2, 0.25) is 0 Å². The summed E-state index contributed by atoms with van der Waals surface area (Å²) in [7, 11) is 0. The minimum absolute atomic E-state index is 0.546. The molecule has 0 aliphatic carbocycles. The molecule has 0 nitrogen and oxygen atoms in total. The second-order valence-corrected chi connectivity index (χ2v) is 3.06.